The molecule has 1 heterocycles. The van der Waals surface area contributed by atoms with Crippen molar-refractivity contribution in [2.75, 3.05) is 40.3 Å². The summed E-state index contributed by atoms with van der Waals surface area (Å²) in [5.74, 6) is -1.22. The van der Waals surface area contributed by atoms with Crippen molar-refractivity contribution in [3.8, 4) is 0 Å². The molecule has 0 radical (unpaired) electrons. The van der Waals surface area contributed by atoms with Gasteiger partial charge in [0, 0.05) is 27.2 Å². The second-order valence-electron chi connectivity index (χ2n) is 4.35. The zero-order valence-electron chi connectivity index (χ0n) is 11.1. The molecule has 1 fully saturated rings. The number of morpholine rings is 1. The first-order chi connectivity index (χ1) is 8.93. The van der Waals surface area contributed by atoms with Crippen molar-refractivity contribution < 1.29 is 24.2 Å². The number of amides is 3. The zero-order valence-corrected chi connectivity index (χ0v) is 11.1. The number of urea groups is 1. The van der Waals surface area contributed by atoms with E-state index in [1.807, 2.05) is 0 Å². The number of carbonyl (C=O) groups is 3. The summed E-state index contributed by atoms with van der Waals surface area (Å²) in [4.78, 5) is 36.7. The van der Waals surface area contributed by atoms with E-state index in [2.05, 4.69) is 5.32 Å². The van der Waals surface area contributed by atoms with Gasteiger partial charge in [0.1, 0.15) is 6.54 Å². The Balaban J connectivity index is 2.51. The Morgan fingerprint density at radius 3 is 2.74 bits per heavy atom. The molecular formula is C11H19N3O5. The fraction of sp³-hybridized carbons (Fsp3) is 0.727. The van der Waals surface area contributed by atoms with Gasteiger partial charge in [-0.05, 0) is 0 Å². The molecule has 2 N–H and O–H groups in total. The minimum Gasteiger partial charge on any atom is -0.481 e. The molecule has 1 saturated heterocycles. The predicted molar refractivity (Wildman–Crippen MR) is 65.7 cm³/mol. The Hall–Kier alpha value is -1.83. The summed E-state index contributed by atoms with van der Waals surface area (Å²) in [5, 5.41) is 11.1. The highest BCUT2D eigenvalue weighted by Gasteiger charge is 2.28. The minimum absolute atomic E-state index is 0.0315. The van der Waals surface area contributed by atoms with Gasteiger partial charge in [-0.25, -0.2) is 4.79 Å². The lowest BCUT2D eigenvalue weighted by Gasteiger charge is -2.34. The molecule has 19 heavy (non-hydrogen) atoms. The molecule has 0 aromatic rings. The van der Waals surface area contributed by atoms with Crippen LogP contribution in [0.4, 0.5) is 4.79 Å². The highest BCUT2D eigenvalue weighted by molar-refractivity contribution is 5.83. The zero-order chi connectivity index (χ0) is 14.4. The average Bonchev–Trinajstić information content (AvgIpc) is 2.37. The van der Waals surface area contributed by atoms with Crippen molar-refractivity contribution in [2.24, 2.45) is 0 Å². The summed E-state index contributed by atoms with van der Waals surface area (Å²) in [7, 11) is 3.03. The molecule has 3 amide bonds. The minimum atomic E-state index is -0.960. The molecule has 1 atom stereocenters. The third kappa shape index (κ3) is 4.74. The first-order valence-corrected chi connectivity index (χ1v) is 5.98. The Morgan fingerprint density at radius 1 is 1.47 bits per heavy atom. The van der Waals surface area contributed by atoms with Gasteiger partial charge in [-0.15, -0.1) is 0 Å². The van der Waals surface area contributed by atoms with Crippen LogP contribution in [-0.4, -0.2) is 79.3 Å². The number of carboxylic acids is 1. The monoisotopic (exact) mass is 273 g/mol. The Morgan fingerprint density at radius 2 is 2.16 bits per heavy atom. The van der Waals surface area contributed by atoms with Crippen LogP contribution in [0.15, 0.2) is 0 Å². The second-order valence-corrected chi connectivity index (χ2v) is 4.35. The fourth-order valence-corrected chi connectivity index (χ4v) is 1.81. The van der Waals surface area contributed by atoms with E-state index < -0.39 is 12.1 Å². The van der Waals surface area contributed by atoms with Gasteiger partial charge in [0.2, 0.25) is 5.91 Å². The number of hydrogen-bond donors (Lipinski definition) is 2. The topological polar surface area (TPSA) is 99.2 Å². The summed E-state index contributed by atoms with van der Waals surface area (Å²) in [5.41, 5.74) is 0. The summed E-state index contributed by atoms with van der Waals surface area (Å²) in [6.07, 6.45) is -0.633. The molecule has 0 aromatic carbocycles. The van der Waals surface area contributed by atoms with Gasteiger partial charge in [0.15, 0.2) is 0 Å². The Kier molecular flexibility index (Phi) is 5.56. The first-order valence-electron chi connectivity index (χ1n) is 5.98. The number of carboxylic acid groups (broad SMARTS) is 1. The first kappa shape index (κ1) is 15.2. The summed E-state index contributed by atoms with van der Waals surface area (Å²) in [6, 6.07) is -0.303. The number of hydrogen-bond acceptors (Lipinski definition) is 4. The molecule has 108 valence electrons. The lowest BCUT2D eigenvalue weighted by Crippen LogP contribution is -2.51. The normalized spacial score (nSPS) is 18.8. The van der Waals surface area contributed by atoms with Crippen LogP contribution in [0.1, 0.15) is 6.42 Å². The average molecular weight is 273 g/mol. The van der Waals surface area contributed by atoms with Crippen molar-refractivity contribution in [1.82, 2.24) is 15.1 Å². The maximum absolute atomic E-state index is 12.0. The van der Waals surface area contributed by atoms with Crippen LogP contribution in [0.5, 0.6) is 0 Å². The third-order valence-electron chi connectivity index (χ3n) is 2.80. The van der Waals surface area contributed by atoms with Crippen LogP contribution in [0, 0.1) is 0 Å². The molecule has 1 unspecified atom stereocenters. The molecule has 1 aliphatic rings. The lowest BCUT2D eigenvalue weighted by molar-refractivity contribution is -0.141. The van der Waals surface area contributed by atoms with Gasteiger partial charge in [-0.2, -0.15) is 0 Å². The van der Waals surface area contributed by atoms with Gasteiger partial charge < -0.3 is 25.0 Å². The van der Waals surface area contributed by atoms with Gasteiger partial charge in [-0.1, -0.05) is 0 Å². The van der Waals surface area contributed by atoms with Crippen molar-refractivity contribution in [1.29, 1.82) is 0 Å². The number of carbonyl (C=O) groups excluding carboxylic acids is 2. The summed E-state index contributed by atoms with van der Waals surface area (Å²) < 4.78 is 5.28. The van der Waals surface area contributed by atoms with Crippen LogP contribution in [-0.2, 0) is 14.3 Å². The number of rotatable bonds is 4. The van der Waals surface area contributed by atoms with Gasteiger partial charge >= 0.3 is 12.0 Å². The third-order valence-corrected chi connectivity index (χ3v) is 2.80. The predicted octanol–water partition coefficient (Wildman–Crippen LogP) is -1.04. The lowest BCUT2D eigenvalue weighted by atomic mass is 10.2. The van der Waals surface area contributed by atoms with E-state index in [0.717, 1.165) is 0 Å². The number of nitrogens with zero attached hydrogens (tertiary/aromatic N) is 2. The van der Waals surface area contributed by atoms with Gasteiger partial charge in [-0.3, -0.25) is 9.59 Å². The van der Waals surface area contributed by atoms with Crippen LogP contribution in [0.3, 0.4) is 0 Å². The second kappa shape index (κ2) is 6.93. The summed E-state index contributed by atoms with van der Waals surface area (Å²) >= 11 is 0. The van der Waals surface area contributed by atoms with Crippen LogP contribution >= 0.6 is 0 Å². The number of ether oxygens (including phenoxy) is 1. The standard InChI is InChI=1S/C11H19N3O5/c1-12-9(15)7-13(2)11(18)14-3-4-19-8(6-14)5-10(16)17/h8H,3-7H2,1-2H3,(H,12,15)(H,16,17). The molecule has 0 aromatic heterocycles. The molecule has 0 aliphatic carbocycles. The highest BCUT2D eigenvalue weighted by Crippen LogP contribution is 2.10. The molecule has 8 heteroatoms. The Labute approximate surface area is 111 Å². The number of likely N-dealkylation sites (N-methyl/N-ethyl adjacent to an activating group) is 2. The smallest absolute Gasteiger partial charge is 0.320 e. The molecule has 8 nitrogen and oxygen atoms in total. The van der Waals surface area contributed by atoms with E-state index in [-0.39, 0.29) is 31.4 Å². The quantitative estimate of drug-likeness (QED) is 0.681. The van der Waals surface area contributed by atoms with Crippen molar-refractivity contribution in [3.05, 3.63) is 0 Å². The number of nitrogens with one attached hydrogen (secondary N) is 1. The van der Waals surface area contributed by atoms with E-state index in [9.17, 15) is 14.4 Å². The molecular weight excluding hydrogens is 254 g/mol. The maximum Gasteiger partial charge on any atom is 0.320 e. The van der Waals surface area contributed by atoms with Crippen LogP contribution < -0.4 is 5.32 Å². The van der Waals surface area contributed by atoms with E-state index >= 15 is 0 Å². The van der Waals surface area contributed by atoms with Gasteiger partial charge in [0.05, 0.1) is 19.1 Å². The molecule has 1 aliphatic heterocycles. The highest BCUT2D eigenvalue weighted by atomic mass is 16.5. The molecule has 0 bridgehead atoms. The van der Waals surface area contributed by atoms with Crippen LogP contribution in [0.2, 0.25) is 0 Å². The summed E-state index contributed by atoms with van der Waals surface area (Å²) in [6.45, 7) is 0.893. The van der Waals surface area contributed by atoms with E-state index in [4.69, 9.17) is 9.84 Å². The molecule has 0 saturated carbocycles. The van der Waals surface area contributed by atoms with Gasteiger partial charge in [0.25, 0.3) is 0 Å². The maximum atomic E-state index is 12.0. The van der Waals surface area contributed by atoms with Crippen molar-refractivity contribution in [3.63, 3.8) is 0 Å². The van der Waals surface area contributed by atoms with E-state index in [1.165, 1.54) is 23.9 Å². The van der Waals surface area contributed by atoms with E-state index in [0.29, 0.717) is 13.2 Å². The fourth-order valence-electron chi connectivity index (χ4n) is 1.81. The molecule has 1 rings (SSSR count). The largest absolute Gasteiger partial charge is 0.481 e. The SMILES string of the molecule is CNC(=O)CN(C)C(=O)N1CCOC(CC(=O)O)C1. The Bertz CT molecular complexity index is 360. The molecule has 0 spiro atoms. The van der Waals surface area contributed by atoms with Crippen LogP contribution in [0.25, 0.3) is 0 Å². The van der Waals surface area contributed by atoms with Crippen molar-refractivity contribution >= 4 is 17.9 Å². The van der Waals surface area contributed by atoms with Crippen molar-refractivity contribution in [2.45, 2.75) is 12.5 Å². The number of aliphatic carboxylic acids is 1. The van der Waals surface area contributed by atoms with E-state index in [1.54, 1.807) is 0 Å².